The molecule has 0 unspecified atom stereocenters. The van der Waals surface area contributed by atoms with Crippen LogP contribution in [-0.2, 0) is 11.2 Å². The molecule has 0 aromatic carbocycles. The summed E-state index contributed by atoms with van der Waals surface area (Å²) in [4.78, 5) is 23.5. The van der Waals surface area contributed by atoms with Gasteiger partial charge in [-0.2, -0.15) is 0 Å². The fourth-order valence-electron chi connectivity index (χ4n) is 3.94. The number of carbonyl (C=O) groups excluding carboxylic acids is 1. The molecule has 3 heterocycles. The molecule has 0 aliphatic carbocycles. The second-order valence-electron chi connectivity index (χ2n) is 7.12. The number of β-amino-alcohol motifs (C(OH)–C–C–N with tert-alkyl or cyclic N) is 1. The molecule has 0 radical (unpaired) electrons. The minimum atomic E-state index is 0.214. The molecule has 6 nitrogen and oxygen atoms in total. The van der Waals surface area contributed by atoms with Crippen LogP contribution in [0.1, 0.15) is 24.8 Å². The Morgan fingerprint density at radius 1 is 1.12 bits per heavy atom. The summed E-state index contributed by atoms with van der Waals surface area (Å²) < 4.78 is 0. The fourth-order valence-corrected chi connectivity index (χ4v) is 3.94. The van der Waals surface area contributed by atoms with Crippen LogP contribution in [0.25, 0.3) is 0 Å². The van der Waals surface area contributed by atoms with Crippen molar-refractivity contribution in [3.05, 3.63) is 30.1 Å². The third-order valence-electron chi connectivity index (χ3n) is 5.45. The third kappa shape index (κ3) is 5.23. The monoisotopic (exact) mass is 346 g/mol. The first-order chi connectivity index (χ1) is 12.3. The second-order valence-corrected chi connectivity index (χ2v) is 7.12. The number of hydrogen-bond donors (Lipinski definition) is 1. The van der Waals surface area contributed by atoms with Crippen molar-refractivity contribution in [2.75, 3.05) is 52.4 Å². The number of pyridine rings is 1. The molecule has 2 aliphatic heterocycles. The summed E-state index contributed by atoms with van der Waals surface area (Å²) in [5.74, 6) is 0.285. The number of carbonyl (C=O) groups is 1. The lowest BCUT2D eigenvalue weighted by Crippen LogP contribution is -2.51. The zero-order chi connectivity index (χ0) is 17.5. The van der Waals surface area contributed by atoms with Crippen LogP contribution >= 0.6 is 0 Å². The summed E-state index contributed by atoms with van der Waals surface area (Å²) in [6, 6.07) is 4.51. The molecule has 2 saturated heterocycles. The molecule has 1 N–H and O–H groups in total. The van der Waals surface area contributed by atoms with Gasteiger partial charge in [0, 0.05) is 57.7 Å². The lowest BCUT2D eigenvalue weighted by atomic mass is 10.0. The highest BCUT2D eigenvalue weighted by molar-refractivity contribution is 5.79. The van der Waals surface area contributed by atoms with Gasteiger partial charge in [-0.1, -0.05) is 0 Å². The van der Waals surface area contributed by atoms with Crippen LogP contribution in [0.3, 0.4) is 0 Å². The molecule has 1 amide bonds. The summed E-state index contributed by atoms with van der Waals surface area (Å²) in [5, 5.41) is 9.02. The number of likely N-dealkylation sites (tertiary alicyclic amines) is 1. The summed E-state index contributed by atoms with van der Waals surface area (Å²) in [6.45, 7) is 6.13. The topological polar surface area (TPSA) is 59.9 Å². The molecule has 1 aromatic rings. The Kier molecular flexibility index (Phi) is 6.78. The number of amides is 1. The van der Waals surface area contributed by atoms with Gasteiger partial charge < -0.3 is 10.0 Å². The van der Waals surface area contributed by atoms with E-state index in [9.17, 15) is 4.79 Å². The van der Waals surface area contributed by atoms with Gasteiger partial charge in [0.2, 0.25) is 5.91 Å². The fraction of sp³-hybridized carbons (Fsp3) is 0.684. The maximum Gasteiger partial charge on any atom is 0.236 e. The number of piperazine rings is 1. The van der Waals surface area contributed by atoms with Crippen LogP contribution in [0, 0.1) is 0 Å². The highest BCUT2D eigenvalue weighted by Crippen LogP contribution is 2.22. The van der Waals surface area contributed by atoms with Crippen LogP contribution in [0.2, 0.25) is 0 Å². The van der Waals surface area contributed by atoms with E-state index >= 15 is 0 Å². The van der Waals surface area contributed by atoms with E-state index in [-0.39, 0.29) is 12.5 Å². The largest absolute Gasteiger partial charge is 0.395 e. The number of aryl methyl sites for hydroxylation is 1. The SMILES string of the molecule is O=C(CN1CCN(CCO)CC1)N1CCC[C@H]1CCc1ccncc1. The Morgan fingerprint density at radius 2 is 1.84 bits per heavy atom. The van der Waals surface area contributed by atoms with Crippen LogP contribution in [0.15, 0.2) is 24.5 Å². The van der Waals surface area contributed by atoms with Gasteiger partial charge in [0.25, 0.3) is 0 Å². The third-order valence-corrected chi connectivity index (χ3v) is 5.45. The zero-order valence-electron chi connectivity index (χ0n) is 15.0. The number of hydrogen-bond acceptors (Lipinski definition) is 5. The summed E-state index contributed by atoms with van der Waals surface area (Å²) in [5.41, 5.74) is 1.30. The zero-order valence-corrected chi connectivity index (χ0v) is 15.0. The van der Waals surface area contributed by atoms with E-state index in [1.165, 1.54) is 5.56 Å². The highest BCUT2D eigenvalue weighted by atomic mass is 16.3. The Bertz CT molecular complexity index is 531. The molecule has 2 fully saturated rings. The van der Waals surface area contributed by atoms with Gasteiger partial charge >= 0.3 is 0 Å². The van der Waals surface area contributed by atoms with Gasteiger partial charge in [0.05, 0.1) is 13.2 Å². The Balaban J connectivity index is 1.44. The number of aliphatic hydroxyl groups is 1. The van der Waals surface area contributed by atoms with Gasteiger partial charge in [-0.25, -0.2) is 0 Å². The van der Waals surface area contributed by atoms with E-state index in [0.717, 1.165) is 65.0 Å². The van der Waals surface area contributed by atoms with E-state index in [2.05, 4.69) is 31.8 Å². The first kappa shape index (κ1) is 18.3. The number of aromatic nitrogens is 1. The van der Waals surface area contributed by atoms with E-state index in [1.807, 2.05) is 12.4 Å². The smallest absolute Gasteiger partial charge is 0.236 e. The molecule has 138 valence electrons. The van der Waals surface area contributed by atoms with Crippen molar-refractivity contribution in [2.45, 2.75) is 31.7 Å². The van der Waals surface area contributed by atoms with Crippen molar-refractivity contribution >= 4 is 5.91 Å². The molecule has 0 spiro atoms. The van der Waals surface area contributed by atoms with Crippen LogP contribution in [0.4, 0.5) is 0 Å². The number of nitrogens with zero attached hydrogens (tertiary/aromatic N) is 4. The van der Waals surface area contributed by atoms with Gasteiger partial charge in [0.1, 0.15) is 0 Å². The summed E-state index contributed by atoms with van der Waals surface area (Å²) in [7, 11) is 0. The highest BCUT2D eigenvalue weighted by Gasteiger charge is 2.29. The van der Waals surface area contributed by atoms with E-state index in [4.69, 9.17) is 5.11 Å². The van der Waals surface area contributed by atoms with E-state index in [0.29, 0.717) is 12.6 Å². The van der Waals surface area contributed by atoms with Gasteiger partial charge in [0.15, 0.2) is 0 Å². The molecule has 1 atom stereocenters. The predicted molar refractivity (Wildman–Crippen MR) is 97.3 cm³/mol. The minimum absolute atomic E-state index is 0.214. The van der Waals surface area contributed by atoms with Gasteiger partial charge in [-0.05, 0) is 43.4 Å². The molecule has 3 rings (SSSR count). The molecule has 2 aliphatic rings. The molecule has 6 heteroatoms. The van der Waals surface area contributed by atoms with Gasteiger partial charge in [-0.15, -0.1) is 0 Å². The van der Waals surface area contributed by atoms with Gasteiger partial charge in [-0.3, -0.25) is 19.6 Å². The Morgan fingerprint density at radius 3 is 2.56 bits per heavy atom. The van der Waals surface area contributed by atoms with Crippen molar-refractivity contribution in [3.63, 3.8) is 0 Å². The summed E-state index contributed by atoms with van der Waals surface area (Å²) >= 11 is 0. The summed E-state index contributed by atoms with van der Waals surface area (Å²) in [6.07, 6.45) is 7.97. The molecule has 1 aromatic heterocycles. The molecular weight excluding hydrogens is 316 g/mol. The Hall–Kier alpha value is -1.50. The molecular formula is C19H30N4O2. The maximum atomic E-state index is 12.8. The quantitative estimate of drug-likeness (QED) is 0.784. The van der Waals surface area contributed by atoms with Crippen LogP contribution in [-0.4, -0.2) is 89.2 Å². The number of aliphatic hydroxyl groups excluding tert-OH is 1. The Labute approximate surface area is 150 Å². The van der Waals surface area contributed by atoms with E-state index < -0.39 is 0 Å². The van der Waals surface area contributed by atoms with Crippen molar-refractivity contribution in [3.8, 4) is 0 Å². The normalized spacial score (nSPS) is 22.4. The lowest BCUT2D eigenvalue weighted by molar-refractivity contribution is -0.133. The van der Waals surface area contributed by atoms with Crippen LogP contribution < -0.4 is 0 Å². The van der Waals surface area contributed by atoms with Crippen molar-refractivity contribution in [1.29, 1.82) is 0 Å². The minimum Gasteiger partial charge on any atom is -0.395 e. The molecule has 25 heavy (non-hydrogen) atoms. The van der Waals surface area contributed by atoms with Crippen molar-refractivity contribution in [2.24, 2.45) is 0 Å². The maximum absolute atomic E-state index is 12.8. The molecule has 0 bridgehead atoms. The first-order valence-electron chi connectivity index (χ1n) is 9.50. The lowest BCUT2D eigenvalue weighted by Gasteiger charge is -2.35. The van der Waals surface area contributed by atoms with E-state index in [1.54, 1.807) is 0 Å². The number of rotatable bonds is 7. The van der Waals surface area contributed by atoms with Crippen molar-refractivity contribution < 1.29 is 9.90 Å². The standard InChI is InChI=1S/C19H30N4O2/c24-15-14-21-10-12-22(13-11-21)16-19(25)23-9-1-2-18(23)4-3-17-5-7-20-8-6-17/h5-8,18,24H,1-4,9-16H2/t18-/m0/s1. The molecule has 0 saturated carbocycles. The predicted octanol–water partition coefficient (Wildman–Crippen LogP) is 0.615. The second kappa shape index (κ2) is 9.27. The first-order valence-corrected chi connectivity index (χ1v) is 9.50. The van der Waals surface area contributed by atoms with Crippen molar-refractivity contribution in [1.82, 2.24) is 19.7 Å². The van der Waals surface area contributed by atoms with Crippen LogP contribution in [0.5, 0.6) is 0 Å². The average Bonchev–Trinajstić information content (AvgIpc) is 3.11. The average molecular weight is 346 g/mol.